The number of nitrogens with zero attached hydrogens (tertiary/aromatic N) is 4. The number of aromatic nitrogens is 2. The van der Waals surface area contributed by atoms with Gasteiger partial charge in [0.15, 0.2) is 0 Å². The number of benzene rings is 4. The van der Waals surface area contributed by atoms with Crippen LogP contribution in [-0.2, 0) is 33.5 Å². The molecule has 0 saturated heterocycles. The molecule has 0 aliphatic heterocycles. The van der Waals surface area contributed by atoms with Crippen molar-refractivity contribution in [1.82, 2.24) is 9.97 Å². The maximum atomic E-state index is 13.2. The molecule has 1 amide bonds. The molecule has 2 N–H and O–H groups in total. The number of halogens is 1. The van der Waals surface area contributed by atoms with Crippen LogP contribution in [0.2, 0.25) is 0 Å². The van der Waals surface area contributed by atoms with Crippen molar-refractivity contribution in [3.63, 3.8) is 0 Å². The van der Waals surface area contributed by atoms with Gasteiger partial charge in [0.25, 0.3) is 11.4 Å². The third-order valence-corrected chi connectivity index (χ3v) is 8.83. The second-order valence-electron chi connectivity index (χ2n) is 18.4. The minimum Gasteiger partial charge on any atom is -1.00 e. The number of amides is 1. The first kappa shape index (κ1) is 54.3. The van der Waals surface area contributed by atoms with E-state index < -0.39 is 39.2 Å². The topological polar surface area (TPSA) is 206 Å². The van der Waals surface area contributed by atoms with Gasteiger partial charge in [-0.15, -0.1) is 0 Å². The summed E-state index contributed by atoms with van der Waals surface area (Å²) < 4.78 is 30.0. The number of fused-ring (bicyclic) bond motifs is 2. The Morgan fingerprint density at radius 2 is 1.18 bits per heavy atom. The molecule has 6 aromatic rings. The number of rotatable bonds is 11. The van der Waals surface area contributed by atoms with Crippen LogP contribution >= 0.6 is 0 Å². The van der Waals surface area contributed by atoms with Crippen molar-refractivity contribution in [2.24, 2.45) is 0 Å². The number of hydrogen-bond acceptors (Lipinski definition) is 12. The van der Waals surface area contributed by atoms with E-state index in [-0.39, 0.29) is 65.1 Å². The fourth-order valence-corrected chi connectivity index (χ4v) is 6.56. The zero-order chi connectivity index (χ0) is 48.3. The zero-order valence-electron chi connectivity index (χ0n) is 40.3. The van der Waals surface area contributed by atoms with Gasteiger partial charge in [0, 0.05) is 48.1 Å². The van der Waals surface area contributed by atoms with Crippen molar-refractivity contribution in [2.45, 2.75) is 111 Å². The molecular weight excluding hydrogens is 861 g/mol. The van der Waals surface area contributed by atoms with E-state index in [4.69, 9.17) is 14.2 Å². The van der Waals surface area contributed by atoms with Crippen LogP contribution in [-0.4, -0.2) is 59.4 Å². The second kappa shape index (κ2) is 22.9. The Morgan fingerprint density at radius 3 is 1.73 bits per heavy atom. The molecule has 0 spiro atoms. The number of hydrogen-bond donors (Lipinski definition) is 2. The number of anilines is 1. The Labute approximate surface area is 407 Å². The van der Waals surface area contributed by atoms with Gasteiger partial charge in [-0.25, -0.2) is 14.2 Å². The molecular formula is C49H57FN5NaO10. The smallest absolute Gasteiger partial charge is 1.00 e. The van der Waals surface area contributed by atoms with Crippen LogP contribution in [0.15, 0.2) is 109 Å². The first-order chi connectivity index (χ1) is 30.2. The summed E-state index contributed by atoms with van der Waals surface area (Å²) in [6, 6.07) is 26.2. The number of pyridine rings is 2. The minimum atomic E-state index is -0.801. The first-order valence-electron chi connectivity index (χ1n) is 20.7. The molecule has 346 valence electrons. The number of non-ortho nitro benzene ring substituents is 2. The molecule has 0 atom stereocenters. The average molecular weight is 918 g/mol. The van der Waals surface area contributed by atoms with Crippen molar-refractivity contribution < 1.29 is 74.1 Å². The molecule has 17 heteroatoms. The van der Waals surface area contributed by atoms with Gasteiger partial charge >= 0.3 is 41.6 Å². The molecule has 2 heterocycles. The summed E-state index contributed by atoms with van der Waals surface area (Å²) in [6.07, 6.45) is 3.86. The van der Waals surface area contributed by atoms with Crippen LogP contribution in [0.5, 0.6) is 5.75 Å². The van der Waals surface area contributed by atoms with E-state index in [9.17, 15) is 39.3 Å². The molecule has 0 bridgehead atoms. The molecule has 0 aliphatic carbocycles. The van der Waals surface area contributed by atoms with E-state index in [1.54, 1.807) is 89.5 Å². The summed E-state index contributed by atoms with van der Waals surface area (Å²) in [5.41, 5.74) is -0.0220. The monoisotopic (exact) mass is 917 g/mol. The van der Waals surface area contributed by atoms with E-state index in [0.29, 0.717) is 46.3 Å². The summed E-state index contributed by atoms with van der Waals surface area (Å²) in [7, 11) is 0. The van der Waals surface area contributed by atoms with Gasteiger partial charge in [0.2, 0.25) is 0 Å². The molecule has 2 aromatic heterocycles. The van der Waals surface area contributed by atoms with E-state index in [1.165, 1.54) is 24.3 Å². The number of nitro groups is 2. The Morgan fingerprint density at radius 1 is 0.682 bits per heavy atom. The second-order valence-corrected chi connectivity index (χ2v) is 18.4. The third kappa shape index (κ3) is 17.7. The van der Waals surface area contributed by atoms with Crippen molar-refractivity contribution in [2.75, 3.05) is 5.32 Å². The van der Waals surface area contributed by atoms with E-state index in [1.807, 2.05) is 58.9 Å². The van der Waals surface area contributed by atoms with Crippen LogP contribution < -0.4 is 39.6 Å². The minimum absolute atomic E-state index is 0. The van der Waals surface area contributed by atoms with Crippen molar-refractivity contribution in [3.8, 4) is 5.75 Å². The van der Waals surface area contributed by atoms with Gasteiger partial charge < -0.3 is 20.7 Å². The molecule has 15 nitrogen and oxygen atoms in total. The average Bonchev–Trinajstić information content (AvgIpc) is 3.16. The molecule has 0 aliphatic rings. The van der Waals surface area contributed by atoms with Crippen LogP contribution in [0, 0.1) is 26.0 Å². The van der Waals surface area contributed by atoms with Gasteiger partial charge in [-0.2, -0.15) is 0 Å². The Bertz CT molecular complexity index is 2670. The number of carbonyl (C=O) groups excluding carboxylic acids is 2. The largest absolute Gasteiger partial charge is 1.00 e. The van der Waals surface area contributed by atoms with E-state index in [2.05, 4.69) is 15.3 Å². The zero-order valence-corrected chi connectivity index (χ0v) is 41.3. The summed E-state index contributed by atoms with van der Waals surface area (Å²) in [5.74, 6) is 0.233. The maximum Gasteiger partial charge on any atom is 1.00 e. The quantitative estimate of drug-likeness (QED) is 0.0546. The molecule has 6 rings (SSSR count). The number of carbonyl (C=O) groups is 2. The first-order valence-corrected chi connectivity index (χ1v) is 20.7. The Balaban J connectivity index is 0.000000374. The summed E-state index contributed by atoms with van der Waals surface area (Å²) in [6.45, 7) is 18.3. The summed E-state index contributed by atoms with van der Waals surface area (Å²) in [5, 5.41) is 36.1. The fourth-order valence-electron chi connectivity index (χ4n) is 6.56. The number of nitrogens with one attached hydrogen (secondary N) is 1. The number of aliphatic hydroxyl groups is 1. The molecule has 0 fully saturated rings. The van der Waals surface area contributed by atoms with Gasteiger partial charge in [0.05, 0.1) is 38.3 Å². The van der Waals surface area contributed by atoms with E-state index >= 15 is 0 Å². The van der Waals surface area contributed by atoms with Crippen molar-refractivity contribution in [3.05, 3.63) is 152 Å². The van der Waals surface area contributed by atoms with Gasteiger partial charge in [-0.3, -0.25) is 35.3 Å². The van der Waals surface area contributed by atoms with Crippen molar-refractivity contribution in [1.29, 1.82) is 0 Å². The van der Waals surface area contributed by atoms with Gasteiger partial charge in [0.1, 0.15) is 34.2 Å². The summed E-state index contributed by atoms with van der Waals surface area (Å²) >= 11 is 0. The van der Waals surface area contributed by atoms with Crippen LogP contribution in [0.3, 0.4) is 0 Å². The normalized spacial score (nSPS) is 11.5. The molecule has 0 unspecified atom stereocenters. The molecule has 0 radical (unpaired) electrons. The van der Waals surface area contributed by atoms with Crippen LogP contribution in [0.4, 0.5) is 26.4 Å². The van der Waals surface area contributed by atoms with Gasteiger partial charge in [-0.05, 0) is 129 Å². The molecule has 4 aromatic carbocycles. The van der Waals surface area contributed by atoms with Crippen LogP contribution in [0.25, 0.3) is 21.5 Å². The SMILES string of the molecule is CC(C)(C)OC(=O)Cc1cc(CC(C)(C)Oc2ccc([N+](=O)[O-])c3ccccc23)ccn1.CC(C)(O)Cc1ccnc(NC(=O)OC(C)(C)C)c1.O=[N+]([O-])c1ccc(F)c2ccccc12.[H-].[Na+]. The molecule has 66 heavy (non-hydrogen) atoms. The standard InChI is InChI=1S/C25H28N2O5.C14H22N2O3.C10H6FNO2.Na.H/c1-24(2,3)32-23(28)15-18-14-17(12-13-26-18)16-25(4,5)31-22-11-10-21(27(29)30)19-8-6-7-9-20(19)22;1-13(2,3)19-12(17)16-11-8-10(6-7-15-11)9-14(4,5)18;11-9-5-6-10(12(13)14)8-4-2-1-3-7(8)9;;/h6-14H,15-16H2,1-5H3;6-8,18H,9H2,1-5H3,(H,15,16,17);1-6H;;/q;;;+1;-1. The van der Waals surface area contributed by atoms with Crippen molar-refractivity contribution >= 4 is 50.8 Å². The number of ether oxygens (including phenoxy) is 3. The number of nitro benzene ring substituents is 2. The maximum absolute atomic E-state index is 13.2. The predicted octanol–water partition coefficient (Wildman–Crippen LogP) is 8.17. The predicted molar refractivity (Wildman–Crippen MR) is 249 cm³/mol. The Hall–Kier alpha value is -6.07. The van der Waals surface area contributed by atoms with E-state index in [0.717, 1.165) is 17.2 Å². The molecule has 0 saturated carbocycles. The Kier molecular flexibility index (Phi) is 18.8. The number of esters is 1. The summed E-state index contributed by atoms with van der Waals surface area (Å²) in [4.78, 5) is 53.1. The fraction of sp³-hybridized carbons (Fsp3) is 0.347. The van der Waals surface area contributed by atoms with Crippen LogP contribution in [0.1, 0.15) is 87.5 Å². The third-order valence-electron chi connectivity index (χ3n) is 8.83. The van der Waals surface area contributed by atoms with Gasteiger partial charge in [-0.1, -0.05) is 36.4 Å².